The second-order valence-electron chi connectivity index (χ2n) is 6.56. The molecule has 1 heterocycles. The van der Waals surface area contributed by atoms with Gasteiger partial charge in [0.25, 0.3) is 0 Å². The number of ketones is 1. The van der Waals surface area contributed by atoms with Gasteiger partial charge >= 0.3 is 0 Å². The van der Waals surface area contributed by atoms with E-state index in [9.17, 15) is 4.79 Å². The predicted octanol–water partition coefficient (Wildman–Crippen LogP) is 5.17. The molecule has 0 atom stereocenters. The highest BCUT2D eigenvalue weighted by Gasteiger charge is 2.24. The Hall–Kier alpha value is -2.97. The molecule has 0 aliphatic carbocycles. The Bertz CT molecular complexity index is 802. The number of allylic oxidation sites excluding steroid dienone is 4. The van der Waals surface area contributed by atoms with Gasteiger partial charge in [0.15, 0.2) is 5.78 Å². The fraction of sp³-hybridized carbons (Fsp3) is 0.160. The minimum Gasteiger partial charge on any atom is -0.295 e. The van der Waals surface area contributed by atoms with Crippen molar-refractivity contribution in [3.05, 3.63) is 107 Å². The molecule has 0 saturated carbocycles. The van der Waals surface area contributed by atoms with Crippen molar-refractivity contribution in [3.63, 3.8) is 0 Å². The number of benzene rings is 2. The van der Waals surface area contributed by atoms with Crippen molar-refractivity contribution in [3.8, 4) is 0 Å². The molecule has 1 aliphatic rings. The lowest BCUT2D eigenvalue weighted by molar-refractivity contribution is -0.113. The van der Waals surface area contributed by atoms with Crippen LogP contribution in [0.3, 0.4) is 0 Å². The van der Waals surface area contributed by atoms with Gasteiger partial charge in [0.2, 0.25) is 0 Å². The van der Waals surface area contributed by atoms with Crippen LogP contribution in [0.15, 0.2) is 96.1 Å². The smallest absolute Gasteiger partial charge is 0.187 e. The molecule has 0 unspecified atom stereocenters. The molecular formula is C25H25NO. The number of carbonyl (C=O) groups is 1. The molecule has 0 radical (unpaired) electrons. The molecule has 1 saturated heterocycles. The monoisotopic (exact) mass is 355 g/mol. The van der Waals surface area contributed by atoms with Crippen LogP contribution in [0.5, 0.6) is 0 Å². The fourth-order valence-corrected chi connectivity index (χ4v) is 3.05. The highest BCUT2D eigenvalue weighted by molar-refractivity contribution is 6.10. The molecule has 1 fully saturated rings. The predicted molar refractivity (Wildman–Crippen MR) is 114 cm³/mol. The number of Topliss-reactive ketones (excluding diaryl/α,β-unsaturated/α-hetero) is 1. The lowest BCUT2D eigenvalue weighted by Gasteiger charge is -2.28. The Balaban J connectivity index is 1.76. The van der Waals surface area contributed by atoms with Crippen molar-refractivity contribution in [1.82, 2.24) is 4.90 Å². The van der Waals surface area contributed by atoms with Crippen LogP contribution in [0.2, 0.25) is 0 Å². The van der Waals surface area contributed by atoms with Crippen LogP contribution < -0.4 is 0 Å². The van der Waals surface area contributed by atoms with Crippen molar-refractivity contribution in [2.75, 3.05) is 19.6 Å². The highest BCUT2D eigenvalue weighted by Crippen LogP contribution is 2.18. The van der Waals surface area contributed by atoms with Crippen molar-refractivity contribution in [1.29, 1.82) is 0 Å². The fourth-order valence-electron chi connectivity index (χ4n) is 3.05. The van der Waals surface area contributed by atoms with Gasteiger partial charge in [-0.2, -0.15) is 0 Å². The van der Waals surface area contributed by atoms with Crippen LogP contribution in [0.25, 0.3) is 12.2 Å². The average molecular weight is 355 g/mol. The molecular weight excluding hydrogens is 330 g/mol. The molecule has 2 aromatic carbocycles. The van der Waals surface area contributed by atoms with Gasteiger partial charge < -0.3 is 0 Å². The maximum Gasteiger partial charge on any atom is 0.187 e. The maximum absolute atomic E-state index is 12.8. The van der Waals surface area contributed by atoms with E-state index < -0.39 is 0 Å². The summed E-state index contributed by atoms with van der Waals surface area (Å²) in [6.07, 6.45) is 11.9. The summed E-state index contributed by atoms with van der Waals surface area (Å²) in [5.74, 6) is 0.148. The van der Waals surface area contributed by atoms with E-state index >= 15 is 0 Å². The minimum atomic E-state index is 0.148. The first kappa shape index (κ1) is 18.8. The number of hydrogen-bond acceptors (Lipinski definition) is 2. The third-order valence-corrected chi connectivity index (χ3v) is 4.59. The van der Waals surface area contributed by atoms with E-state index in [1.165, 1.54) is 0 Å². The van der Waals surface area contributed by atoms with E-state index in [0.29, 0.717) is 13.1 Å². The zero-order valence-corrected chi connectivity index (χ0v) is 15.7. The number of piperidine rings is 1. The molecule has 0 spiro atoms. The lowest BCUT2D eigenvalue weighted by atomic mass is 9.96. The Morgan fingerprint density at radius 2 is 1.22 bits per heavy atom. The maximum atomic E-state index is 12.8. The van der Waals surface area contributed by atoms with Gasteiger partial charge in [-0.3, -0.25) is 9.69 Å². The molecule has 136 valence electrons. The normalized spacial score (nSPS) is 18.9. The number of nitrogens with zero attached hydrogens (tertiary/aromatic N) is 1. The first-order chi connectivity index (χ1) is 13.3. The van der Waals surface area contributed by atoms with Crippen molar-refractivity contribution in [2.24, 2.45) is 0 Å². The number of hydrogen-bond donors (Lipinski definition) is 0. The molecule has 1 aliphatic heterocycles. The summed E-state index contributed by atoms with van der Waals surface area (Å²) in [6.45, 7) is 4.46. The first-order valence-electron chi connectivity index (χ1n) is 9.38. The van der Waals surface area contributed by atoms with Gasteiger partial charge in [-0.1, -0.05) is 104 Å². The first-order valence-corrected chi connectivity index (χ1v) is 9.38. The Morgan fingerprint density at radius 3 is 1.63 bits per heavy atom. The van der Waals surface area contributed by atoms with Gasteiger partial charge in [0, 0.05) is 24.2 Å². The van der Waals surface area contributed by atoms with Crippen molar-refractivity contribution >= 4 is 17.9 Å². The largest absolute Gasteiger partial charge is 0.295 e. The Labute approximate surface area is 161 Å². The third-order valence-electron chi connectivity index (χ3n) is 4.59. The molecule has 0 N–H and O–H groups in total. The van der Waals surface area contributed by atoms with Gasteiger partial charge in [-0.25, -0.2) is 0 Å². The van der Waals surface area contributed by atoms with Crippen LogP contribution >= 0.6 is 0 Å². The molecule has 2 nitrogen and oxygen atoms in total. The summed E-state index contributed by atoms with van der Waals surface area (Å²) in [7, 11) is 0. The summed E-state index contributed by atoms with van der Waals surface area (Å²) in [6, 6.07) is 20.2. The lowest BCUT2D eigenvalue weighted by Crippen LogP contribution is -2.37. The van der Waals surface area contributed by atoms with Crippen molar-refractivity contribution < 1.29 is 4.79 Å². The number of likely N-dealkylation sites (N-methyl/N-ethyl adjacent to an activating group) is 1. The second-order valence-corrected chi connectivity index (χ2v) is 6.56. The van der Waals surface area contributed by atoms with E-state index in [1.54, 1.807) is 0 Å². The summed E-state index contributed by atoms with van der Waals surface area (Å²) in [5.41, 5.74) is 3.95. The Kier molecular flexibility index (Phi) is 6.72. The van der Waals surface area contributed by atoms with Gasteiger partial charge in [-0.15, -0.1) is 0 Å². The zero-order valence-electron chi connectivity index (χ0n) is 15.7. The SMILES string of the molecule is CCN1CC(=CC=Cc2ccccc2)C(=O)C(=CC=Cc2ccccc2)C1. The van der Waals surface area contributed by atoms with Gasteiger partial charge in [-0.05, 0) is 17.7 Å². The van der Waals surface area contributed by atoms with Crippen LogP contribution in [-0.2, 0) is 4.79 Å². The van der Waals surface area contributed by atoms with E-state index in [-0.39, 0.29) is 5.78 Å². The minimum absolute atomic E-state index is 0.148. The number of carbonyl (C=O) groups excluding carboxylic acids is 1. The molecule has 27 heavy (non-hydrogen) atoms. The molecule has 0 aromatic heterocycles. The summed E-state index contributed by atoms with van der Waals surface area (Å²) >= 11 is 0. The molecule has 3 rings (SSSR count). The van der Waals surface area contributed by atoms with Crippen LogP contribution in [0, 0.1) is 0 Å². The zero-order chi connectivity index (χ0) is 18.9. The van der Waals surface area contributed by atoms with E-state index in [4.69, 9.17) is 0 Å². The van der Waals surface area contributed by atoms with Crippen LogP contribution in [0.4, 0.5) is 0 Å². The van der Waals surface area contributed by atoms with E-state index in [2.05, 4.69) is 36.1 Å². The topological polar surface area (TPSA) is 20.3 Å². The van der Waals surface area contributed by atoms with E-state index in [0.717, 1.165) is 28.8 Å². The van der Waals surface area contributed by atoms with Crippen LogP contribution in [0.1, 0.15) is 18.1 Å². The number of likely N-dealkylation sites (tertiary alicyclic amines) is 1. The molecule has 0 bridgehead atoms. The summed E-state index contributed by atoms with van der Waals surface area (Å²) < 4.78 is 0. The highest BCUT2D eigenvalue weighted by atomic mass is 16.1. The third kappa shape index (κ3) is 5.50. The Morgan fingerprint density at radius 1 is 0.778 bits per heavy atom. The second kappa shape index (κ2) is 9.65. The van der Waals surface area contributed by atoms with E-state index in [1.807, 2.05) is 72.9 Å². The summed E-state index contributed by atoms with van der Waals surface area (Å²) in [5, 5.41) is 0. The molecule has 2 aromatic rings. The number of rotatable bonds is 5. The van der Waals surface area contributed by atoms with Crippen molar-refractivity contribution in [2.45, 2.75) is 6.92 Å². The molecule has 2 heteroatoms. The van der Waals surface area contributed by atoms with Gasteiger partial charge in [0.05, 0.1) is 0 Å². The van der Waals surface area contributed by atoms with Gasteiger partial charge in [0.1, 0.15) is 0 Å². The van der Waals surface area contributed by atoms with Crippen LogP contribution in [-0.4, -0.2) is 30.3 Å². The quantitative estimate of drug-likeness (QED) is 0.690. The summed E-state index contributed by atoms with van der Waals surface area (Å²) in [4.78, 5) is 15.1. The standard InChI is InChI=1S/C25H25NO/c1-2-26-19-23(17-9-15-21-11-5-3-6-12-21)25(27)24(20-26)18-10-16-22-13-7-4-8-14-22/h3-18H,2,19-20H2,1H3. The average Bonchev–Trinajstić information content (AvgIpc) is 2.72. The molecule has 0 amide bonds.